The fourth-order valence-corrected chi connectivity index (χ4v) is 2.10. The first-order chi connectivity index (χ1) is 7.33. The molecule has 0 radical (unpaired) electrons. The van der Waals surface area contributed by atoms with Crippen LogP contribution in [0, 0.1) is 16.7 Å². The molecule has 1 aliphatic heterocycles. The SMILES string of the molecule is CC(CNCC1(C)CCNCC1)C(C)(C)C. The molecule has 0 spiro atoms. The molecule has 0 aliphatic carbocycles. The molecule has 1 atom stereocenters. The van der Waals surface area contributed by atoms with E-state index in [1.165, 1.54) is 32.5 Å². The Morgan fingerprint density at radius 1 is 1.25 bits per heavy atom. The topological polar surface area (TPSA) is 24.1 Å². The van der Waals surface area contributed by atoms with E-state index in [0.717, 1.165) is 12.5 Å². The van der Waals surface area contributed by atoms with E-state index >= 15 is 0 Å². The fraction of sp³-hybridized carbons (Fsp3) is 1.00. The van der Waals surface area contributed by atoms with Crippen LogP contribution in [0.5, 0.6) is 0 Å². The van der Waals surface area contributed by atoms with Gasteiger partial charge in [-0.05, 0) is 49.2 Å². The number of nitrogens with one attached hydrogen (secondary N) is 2. The average molecular weight is 226 g/mol. The lowest BCUT2D eigenvalue weighted by molar-refractivity contribution is 0.198. The third-order valence-electron chi connectivity index (χ3n) is 4.29. The van der Waals surface area contributed by atoms with Crippen LogP contribution in [0.4, 0.5) is 0 Å². The summed E-state index contributed by atoms with van der Waals surface area (Å²) in [6.07, 6.45) is 2.62. The minimum atomic E-state index is 0.419. The summed E-state index contributed by atoms with van der Waals surface area (Å²) in [5.41, 5.74) is 0.935. The molecule has 1 unspecified atom stereocenters. The van der Waals surface area contributed by atoms with Crippen molar-refractivity contribution in [3.05, 3.63) is 0 Å². The van der Waals surface area contributed by atoms with Crippen LogP contribution in [-0.4, -0.2) is 26.2 Å². The molecular weight excluding hydrogens is 196 g/mol. The molecule has 0 saturated carbocycles. The van der Waals surface area contributed by atoms with E-state index in [4.69, 9.17) is 0 Å². The molecule has 0 aromatic heterocycles. The van der Waals surface area contributed by atoms with Crippen LogP contribution in [0.2, 0.25) is 0 Å². The molecule has 0 amide bonds. The number of hydrogen-bond acceptors (Lipinski definition) is 2. The standard InChI is InChI=1S/C14H30N2/c1-12(13(2,3)4)10-16-11-14(5)6-8-15-9-7-14/h12,15-16H,6-11H2,1-5H3. The smallest absolute Gasteiger partial charge is 0.000623 e. The van der Waals surface area contributed by atoms with Crippen molar-refractivity contribution in [2.45, 2.75) is 47.5 Å². The van der Waals surface area contributed by atoms with Gasteiger partial charge in [0.2, 0.25) is 0 Å². The van der Waals surface area contributed by atoms with Crippen LogP contribution in [0.15, 0.2) is 0 Å². The minimum absolute atomic E-state index is 0.419. The third kappa shape index (κ3) is 4.42. The molecule has 1 aliphatic rings. The maximum atomic E-state index is 3.67. The molecular formula is C14H30N2. The summed E-state index contributed by atoms with van der Waals surface area (Å²) in [5, 5.41) is 7.11. The zero-order chi connectivity index (χ0) is 12.2. The summed E-state index contributed by atoms with van der Waals surface area (Å²) in [5.74, 6) is 0.734. The molecule has 0 bridgehead atoms. The van der Waals surface area contributed by atoms with Gasteiger partial charge >= 0.3 is 0 Å². The lowest BCUT2D eigenvalue weighted by Gasteiger charge is -2.35. The largest absolute Gasteiger partial charge is 0.317 e. The summed E-state index contributed by atoms with van der Waals surface area (Å²) in [4.78, 5) is 0. The number of rotatable bonds is 4. The van der Waals surface area contributed by atoms with E-state index in [1.807, 2.05) is 0 Å². The normalized spacial score (nSPS) is 23.1. The van der Waals surface area contributed by atoms with Crippen molar-refractivity contribution >= 4 is 0 Å². The minimum Gasteiger partial charge on any atom is -0.317 e. The van der Waals surface area contributed by atoms with Crippen molar-refractivity contribution in [3.8, 4) is 0 Å². The highest BCUT2D eigenvalue weighted by Crippen LogP contribution is 2.28. The van der Waals surface area contributed by atoms with Crippen LogP contribution < -0.4 is 10.6 Å². The van der Waals surface area contributed by atoms with Gasteiger partial charge in [0.25, 0.3) is 0 Å². The maximum absolute atomic E-state index is 3.67. The maximum Gasteiger partial charge on any atom is 0.000623 e. The van der Waals surface area contributed by atoms with E-state index in [2.05, 4.69) is 45.3 Å². The van der Waals surface area contributed by atoms with Crippen molar-refractivity contribution in [3.63, 3.8) is 0 Å². The molecule has 1 fully saturated rings. The molecule has 0 aromatic carbocycles. The van der Waals surface area contributed by atoms with Crippen LogP contribution in [0.1, 0.15) is 47.5 Å². The highest BCUT2D eigenvalue weighted by Gasteiger charge is 2.27. The Hall–Kier alpha value is -0.0800. The van der Waals surface area contributed by atoms with Gasteiger partial charge in [0, 0.05) is 6.54 Å². The lowest BCUT2D eigenvalue weighted by atomic mass is 9.79. The highest BCUT2D eigenvalue weighted by molar-refractivity contribution is 4.83. The molecule has 1 heterocycles. The zero-order valence-corrected chi connectivity index (χ0v) is 11.8. The number of piperidine rings is 1. The Balaban J connectivity index is 2.24. The van der Waals surface area contributed by atoms with Gasteiger partial charge < -0.3 is 10.6 Å². The van der Waals surface area contributed by atoms with Crippen molar-refractivity contribution in [1.82, 2.24) is 10.6 Å². The van der Waals surface area contributed by atoms with Crippen molar-refractivity contribution < 1.29 is 0 Å². The van der Waals surface area contributed by atoms with E-state index in [9.17, 15) is 0 Å². The van der Waals surface area contributed by atoms with Crippen molar-refractivity contribution in [1.29, 1.82) is 0 Å². The molecule has 1 saturated heterocycles. The summed E-state index contributed by atoms with van der Waals surface area (Å²) in [6, 6.07) is 0. The van der Waals surface area contributed by atoms with Gasteiger partial charge in [0.1, 0.15) is 0 Å². The summed E-state index contributed by atoms with van der Waals surface area (Å²) >= 11 is 0. The van der Waals surface area contributed by atoms with E-state index in [-0.39, 0.29) is 0 Å². The van der Waals surface area contributed by atoms with Crippen molar-refractivity contribution in [2.24, 2.45) is 16.7 Å². The monoisotopic (exact) mass is 226 g/mol. The Kier molecular flexibility index (Phi) is 4.81. The van der Waals surface area contributed by atoms with Gasteiger partial charge in [-0.3, -0.25) is 0 Å². The number of hydrogen-bond donors (Lipinski definition) is 2. The average Bonchev–Trinajstić information content (AvgIpc) is 2.17. The first-order valence-corrected chi connectivity index (χ1v) is 6.75. The quantitative estimate of drug-likeness (QED) is 0.770. The Morgan fingerprint density at radius 3 is 2.31 bits per heavy atom. The van der Waals surface area contributed by atoms with Gasteiger partial charge in [-0.25, -0.2) is 0 Å². The Morgan fingerprint density at radius 2 is 1.81 bits per heavy atom. The zero-order valence-electron chi connectivity index (χ0n) is 11.8. The van der Waals surface area contributed by atoms with Crippen LogP contribution in [-0.2, 0) is 0 Å². The summed E-state index contributed by atoms with van der Waals surface area (Å²) in [7, 11) is 0. The molecule has 96 valence electrons. The van der Waals surface area contributed by atoms with E-state index in [0.29, 0.717) is 10.8 Å². The predicted molar refractivity (Wildman–Crippen MR) is 71.7 cm³/mol. The Labute approximate surface area is 102 Å². The third-order valence-corrected chi connectivity index (χ3v) is 4.29. The molecule has 2 N–H and O–H groups in total. The van der Waals surface area contributed by atoms with Gasteiger partial charge in [0.15, 0.2) is 0 Å². The highest BCUT2D eigenvalue weighted by atomic mass is 14.9. The van der Waals surface area contributed by atoms with E-state index < -0.39 is 0 Å². The second-order valence-corrected chi connectivity index (χ2v) is 6.96. The van der Waals surface area contributed by atoms with Crippen LogP contribution in [0.3, 0.4) is 0 Å². The second kappa shape index (κ2) is 5.50. The molecule has 2 nitrogen and oxygen atoms in total. The first kappa shape index (κ1) is 14.0. The molecule has 16 heavy (non-hydrogen) atoms. The summed E-state index contributed by atoms with van der Waals surface area (Å²) < 4.78 is 0. The van der Waals surface area contributed by atoms with Gasteiger partial charge in [0.05, 0.1) is 0 Å². The molecule has 2 heteroatoms. The fourth-order valence-electron chi connectivity index (χ4n) is 2.10. The van der Waals surface area contributed by atoms with Gasteiger partial charge in [-0.1, -0.05) is 34.6 Å². The van der Waals surface area contributed by atoms with E-state index in [1.54, 1.807) is 0 Å². The summed E-state index contributed by atoms with van der Waals surface area (Å²) in [6.45, 7) is 16.4. The lowest BCUT2D eigenvalue weighted by Crippen LogP contribution is -2.43. The predicted octanol–water partition coefficient (Wildman–Crippen LogP) is 2.65. The first-order valence-electron chi connectivity index (χ1n) is 6.75. The Bertz CT molecular complexity index is 199. The van der Waals surface area contributed by atoms with Crippen LogP contribution in [0.25, 0.3) is 0 Å². The second-order valence-electron chi connectivity index (χ2n) is 6.96. The molecule has 0 aromatic rings. The van der Waals surface area contributed by atoms with Gasteiger partial charge in [-0.15, -0.1) is 0 Å². The van der Waals surface area contributed by atoms with Crippen molar-refractivity contribution in [2.75, 3.05) is 26.2 Å². The molecule has 1 rings (SSSR count). The van der Waals surface area contributed by atoms with Gasteiger partial charge in [-0.2, -0.15) is 0 Å². The van der Waals surface area contributed by atoms with Crippen LogP contribution >= 0.6 is 0 Å².